The number of aliphatic hydroxyl groups excluding tert-OH is 1. The largest absolute Gasteiger partial charge is 0.370 e. The maximum Gasteiger partial charge on any atom is 0.150 e. The van der Waals surface area contributed by atoms with Crippen LogP contribution in [0.15, 0.2) is 67.0 Å². The standard InChI is InChI=1S/C24H27FN4O/c1-28(2)21-11-13-29(16-21)20-8-6-19(7-9-20)27-24(30)17-5-10-22(23(25)14-17)18-4-3-12-26-15-18/h3-10,12,14-15,21,24,27,30H,11,13,16H2,1-2H3. The molecule has 156 valence electrons. The van der Waals surface area contributed by atoms with Crippen LogP contribution >= 0.6 is 0 Å². The fraction of sp³-hybridized carbons (Fsp3) is 0.292. The van der Waals surface area contributed by atoms with Gasteiger partial charge in [0.2, 0.25) is 0 Å². The molecule has 0 amide bonds. The van der Waals surface area contributed by atoms with Crippen LogP contribution in [0.2, 0.25) is 0 Å². The van der Waals surface area contributed by atoms with Gasteiger partial charge >= 0.3 is 0 Å². The van der Waals surface area contributed by atoms with Gasteiger partial charge in [-0.15, -0.1) is 0 Å². The van der Waals surface area contributed by atoms with Crippen molar-refractivity contribution < 1.29 is 9.50 Å². The van der Waals surface area contributed by atoms with Crippen LogP contribution in [-0.2, 0) is 0 Å². The Bertz CT molecular complexity index is 978. The highest BCUT2D eigenvalue weighted by molar-refractivity contribution is 5.63. The number of halogens is 1. The molecule has 2 aromatic carbocycles. The van der Waals surface area contributed by atoms with E-state index in [2.05, 4.69) is 46.3 Å². The van der Waals surface area contributed by atoms with E-state index in [-0.39, 0.29) is 5.82 Å². The molecule has 2 N–H and O–H groups in total. The van der Waals surface area contributed by atoms with E-state index in [1.807, 2.05) is 18.2 Å². The molecule has 1 aromatic heterocycles. The van der Waals surface area contributed by atoms with E-state index in [1.165, 1.54) is 11.8 Å². The predicted molar refractivity (Wildman–Crippen MR) is 119 cm³/mol. The summed E-state index contributed by atoms with van der Waals surface area (Å²) in [6, 6.07) is 16.9. The van der Waals surface area contributed by atoms with Gasteiger partial charge in [-0.1, -0.05) is 18.2 Å². The highest BCUT2D eigenvalue weighted by Crippen LogP contribution is 2.27. The van der Waals surface area contributed by atoms with E-state index in [9.17, 15) is 9.50 Å². The number of rotatable bonds is 6. The van der Waals surface area contributed by atoms with Gasteiger partial charge in [-0.2, -0.15) is 0 Å². The third-order valence-corrected chi connectivity index (χ3v) is 5.71. The number of hydrogen-bond donors (Lipinski definition) is 2. The Balaban J connectivity index is 1.41. The smallest absolute Gasteiger partial charge is 0.150 e. The molecule has 1 aliphatic heterocycles. The van der Waals surface area contributed by atoms with Crippen LogP contribution in [0.4, 0.5) is 15.8 Å². The Morgan fingerprint density at radius 2 is 1.97 bits per heavy atom. The lowest BCUT2D eigenvalue weighted by Gasteiger charge is -2.22. The molecule has 2 heterocycles. The van der Waals surface area contributed by atoms with Crippen LogP contribution in [-0.4, -0.2) is 48.2 Å². The van der Waals surface area contributed by atoms with E-state index in [4.69, 9.17) is 0 Å². The Morgan fingerprint density at radius 3 is 2.60 bits per heavy atom. The molecule has 0 spiro atoms. The Morgan fingerprint density at radius 1 is 1.17 bits per heavy atom. The number of pyridine rings is 1. The van der Waals surface area contributed by atoms with E-state index >= 15 is 0 Å². The molecule has 3 aromatic rings. The average Bonchev–Trinajstić information content (AvgIpc) is 3.25. The first-order valence-corrected chi connectivity index (χ1v) is 10.2. The van der Waals surface area contributed by atoms with Crippen LogP contribution in [0.3, 0.4) is 0 Å². The van der Waals surface area contributed by atoms with Crippen LogP contribution < -0.4 is 10.2 Å². The molecule has 0 aliphatic carbocycles. The zero-order valence-electron chi connectivity index (χ0n) is 17.3. The van der Waals surface area contributed by atoms with Gasteiger partial charge in [-0.3, -0.25) is 4.98 Å². The number of anilines is 2. The first-order valence-electron chi connectivity index (χ1n) is 10.2. The van der Waals surface area contributed by atoms with Crippen molar-refractivity contribution in [2.45, 2.75) is 18.7 Å². The van der Waals surface area contributed by atoms with Crippen molar-refractivity contribution in [1.29, 1.82) is 0 Å². The van der Waals surface area contributed by atoms with Crippen molar-refractivity contribution in [3.8, 4) is 11.1 Å². The zero-order chi connectivity index (χ0) is 21.1. The van der Waals surface area contributed by atoms with Crippen LogP contribution in [0.25, 0.3) is 11.1 Å². The Labute approximate surface area is 176 Å². The summed E-state index contributed by atoms with van der Waals surface area (Å²) in [5, 5.41) is 13.6. The molecule has 0 radical (unpaired) electrons. The second-order valence-electron chi connectivity index (χ2n) is 7.93. The van der Waals surface area contributed by atoms with E-state index in [1.54, 1.807) is 30.6 Å². The van der Waals surface area contributed by atoms with Gasteiger partial charge in [0.05, 0.1) is 0 Å². The summed E-state index contributed by atoms with van der Waals surface area (Å²) in [5.41, 5.74) is 3.60. The normalized spacial score (nSPS) is 17.4. The quantitative estimate of drug-likeness (QED) is 0.603. The summed E-state index contributed by atoms with van der Waals surface area (Å²) in [6.07, 6.45) is 3.43. The number of nitrogens with zero attached hydrogens (tertiary/aromatic N) is 3. The summed E-state index contributed by atoms with van der Waals surface area (Å²) in [4.78, 5) is 8.67. The van der Waals surface area contributed by atoms with E-state index in [0.717, 1.165) is 25.2 Å². The third kappa shape index (κ3) is 4.45. The Hall–Kier alpha value is -2.96. The molecule has 4 rings (SSSR count). The van der Waals surface area contributed by atoms with Gasteiger partial charge in [-0.25, -0.2) is 4.39 Å². The minimum absolute atomic E-state index is 0.388. The van der Waals surface area contributed by atoms with Crippen molar-refractivity contribution in [3.05, 3.63) is 78.4 Å². The van der Waals surface area contributed by atoms with Crippen LogP contribution in [0, 0.1) is 5.82 Å². The average molecular weight is 407 g/mol. The number of likely N-dealkylation sites (N-methyl/N-ethyl adjacent to an activating group) is 1. The molecule has 6 heteroatoms. The summed E-state index contributed by atoms with van der Waals surface area (Å²) in [6.45, 7) is 2.06. The minimum atomic E-state index is -1.00. The zero-order valence-corrected chi connectivity index (χ0v) is 17.3. The highest BCUT2D eigenvalue weighted by Gasteiger charge is 2.24. The molecule has 2 unspecified atom stereocenters. The second kappa shape index (κ2) is 8.81. The lowest BCUT2D eigenvalue weighted by Crippen LogP contribution is -2.31. The fourth-order valence-electron chi connectivity index (χ4n) is 3.87. The van der Waals surface area contributed by atoms with Crippen LogP contribution in [0.5, 0.6) is 0 Å². The van der Waals surface area contributed by atoms with Crippen LogP contribution in [0.1, 0.15) is 18.2 Å². The second-order valence-corrected chi connectivity index (χ2v) is 7.93. The van der Waals surface area contributed by atoms with E-state index < -0.39 is 6.23 Å². The number of aliphatic hydroxyl groups is 1. The van der Waals surface area contributed by atoms with Gasteiger partial charge in [0, 0.05) is 59.6 Å². The maximum atomic E-state index is 14.6. The first kappa shape index (κ1) is 20.3. The fourth-order valence-corrected chi connectivity index (χ4v) is 3.87. The number of benzene rings is 2. The van der Waals surface area contributed by atoms with Crippen molar-refractivity contribution in [2.75, 3.05) is 37.4 Å². The minimum Gasteiger partial charge on any atom is -0.370 e. The van der Waals surface area contributed by atoms with Gasteiger partial charge in [0.1, 0.15) is 5.82 Å². The first-order chi connectivity index (χ1) is 14.5. The van der Waals surface area contributed by atoms with Gasteiger partial charge in [-0.05, 0) is 56.9 Å². The lowest BCUT2D eigenvalue weighted by atomic mass is 10.0. The SMILES string of the molecule is CN(C)C1CCN(c2ccc(NC(O)c3ccc(-c4cccnc4)c(F)c3)cc2)C1. The summed E-state index contributed by atoms with van der Waals surface area (Å²) >= 11 is 0. The van der Waals surface area contributed by atoms with Crippen molar-refractivity contribution >= 4 is 11.4 Å². The van der Waals surface area contributed by atoms with Crippen molar-refractivity contribution in [2.24, 2.45) is 0 Å². The molecule has 0 saturated carbocycles. The van der Waals surface area contributed by atoms with Crippen molar-refractivity contribution in [3.63, 3.8) is 0 Å². The summed E-state index contributed by atoms with van der Waals surface area (Å²) in [5.74, 6) is -0.388. The monoisotopic (exact) mass is 406 g/mol. The van der Waals surface area contributed by atoms with E-state index in [0.29, 0.717) is 22.7 Å². The number of aromatic nitrogens is 1. The lowest BCUT2D eigenvalue weighted by molar-refractivity contribution is 0.208. The topological polar surface area (TPSA) is 51.6 Å². The molecule has 1 aliphatic rings. The molecule has 5 nitrogen and oxygen atoms in total. The summed E-state index contributed by atoms with van der Waals surface area (Å²) in [7, 11) is 4.24. The predicted octanol–water partition coefficient (Wildman–Crippen LogP) is 4.13. The molecule has 30 heavy (non-hydrogen) atoms. The molecule has 1 saturated heterocycles. The Kier molecular flexibility index (Phi) is 5.97. The third-order valence-electron chi connectivity index (χ3n) is 5.71. The summed E-state index contributed by atoms with van der Waals surface area (Å²) < 4.78 is 14.6. The van der Waals surface area contributed by atoms with Gasteiger partial charge in [0.25, 0.3) is 0 Å². The number of nitrogens with one attached hydrogen (secondary N) is 1. The van der Waals surface area contributed by atoms with Gasteiger partial charge in [0.15, 0.2) is 6.23 Å². The molecular weight excluding hydrogens is 379 g/mol. The molecule has 0 bridgehead atoms. The highest BCUT2D eigenvalue weighted by atomic mass is 19.1. The number of hydrogen-bond acceptors (Lipinski definition) is 5. The van der Waals surface area contributed by atoms with Gasteiger partial charge < -0.3 is 20.2 Å². The molecule has 1 fully saturated rings. The van der Waals surface area contributed by atoms with Crippen molar-refractivity contribution in [1.82, 2.24) is 9.88 Å². The molecular formula is C24H27FN4O. The maximum absolute atomic E-state index is 14.6. The molecule has 2 atom stereocenters.